The van der Waals surface area contributed by atoms with E-state index in [0.29, 0.717) is 16.9 Å². The van der Waals surface area contributed by atoms with Crippen molar-refractivity contribution in [2.75, 3.05) is 5.75 Å². The molecule has 0 atom stereocenters. The van der Waals surface area contributed by atoms with Crippen molar-refractivity contribution in [3.63, 3.8) is 0 Å². The van der Waals surface area contributed by atoms with Crippen molar-refractivity contribution in [3.05, 3.63) is 28.8 Å². The van der Waals surface area contributed by atoms with Crippen LogP contribution in [0, 0.1) is 18.8 Å². The number of hydrogen-bond acceptors (Lipinski definition) is 4. The highest BCUT2D eigenvalue weighted by molar-refractivity contribution is 8.13. The van der Waals surface area contributed by atoms with Gasteiger partial charge in [-0.25, -0.2) is 0 Å². The number of Topliss-reactive ketones (excluding diaryl/α,β-unsaturated/α-hetero) is 1. The van der Waals surface area contributed by atoms with Gasteiger partial charge in [-0.05, 0) is 31.5 Å². The molecule has 18 heavy (non-hydrogen) atoms. The highest BCUT2D eigenvalue weighted by atomic mass is 32.2. The highest BCUT2D eigenvalue weighted by Crippen LogP contribution is 2.22. The molecule has 0 radical (unpaired) electrons. The van der Waals surface area contributed by atoms with Crippen molar-refractivity contribution in [1.82, 2.24) is 0 Å². The first-order valence-electron chi connectivity index (χ1n) is 5.38. The molecule has 1 rings (SSSR count). The molecule has 0 aliphatic rings. The predicted molar refractivity (Wildman–Crippen MR) is 72.9 cm³/mol. The maximum absolute atomic E-state index is 11.2. The first-order chi connectivity index (χ1) is 8.41. The third-order valence-electron chi connectivity index (χ3n) is 2.29. The van der Waals surface area contributed by atoms with Crippen molar-refractivity contribution in [1.29, 1.82) is 0 Å². The van der Waals surface area contributed by atoms with Crippen LogP contribution in [0.3, 0.4) is 0 Å². The van der Waals surface area contributed by atoms with Crippen LogP contribution in [-0.2, 0) is 4.79 Å². The van der Waals surface area contributed by atoms with Gasteiger partial charge >= 0.3 is 0 Å². The van der Waals surface area contributed by atoms with Crippen LogP contribution >= 0.6 is 11.8 Å². The van der Waals surface area contributed by atoms with Crippen LogP contribution in [0.15, 0.2) is 12.1 Å². The summed E-state index contributed by atoms with van der Waals surface area (Å²) in [7, 11) is 0. The first-order valence-corrected chi connectivity index (χ1v) is 6.37. The average molecular weight is 262 g/mol. The molecule has 0 saturated heterocycles. The fourth-order valence-electron chi connectivity index (χ4n) is 1.38. The Balaban J connectivity index is 2.94. The molecule has 0 bridgehead atoms. The Labute approximate surface area is 111 Å². The number of rotatable bonds is 2. The highest BCUT2D eigenvalue weighted by Gasteiger charge is 2.08. The van der Waals surface area contributed by atoms with Gasteiger partial charge < -0.3 is 5.11 Å². The second kappa shape index (κ2) is 6.27. The normalized spacial score (nSPS) is 9.50. The van der Waals surface area contributed by atoms with Gasteiger partial charge in [0.25, 0.3) is 0 Å². The lowest BCUT2D eigenvalue weighted by Gasteiger charge is -2.04. The van der Waals surface area contributed by atoms with Gasteiger partial charge in [-0.2, -0.15) is 0 Å². The Hall–Kier alpha value is -1.73. The van der Waals surface area contributed by atoms with Gasteiger partial charge in [0.1, 0.15) is 5.75 Å². The van der Waals surface area contributed by atoms with Gasteiger partial charge in [-0.15, -0.1) is 0 Å². The number of phenolic OH excluding ortho intramolecular Hbond substituents is 1. The predicted octanol–water partition coefficient (Wildman–Crippen LogP) is 2.53. The topological polar surface area (TPSA) is 54.4 Å². The minimum absolute atomic E-state index is 0.0239. The fourth-order valence-corrected chi connectivity index (χ4v) is 1.73. The molecule has 0 saturated carbocycles. The maximum Gasteiger partial charge on any atom is 0.186 e. The van der Waals surface area contributed by atoms with E-state index in [1.54, 1.807) is 6.07 Å². The SMILES string of the molecule is CC(=O)SCC#Cc1cc(O)c(C(C)=O)cc1C. The molecule has 94 valence electrons. The smallest absolute Gasteiger partial charge is 0.186 e. The Bertz CT molecular complexity index is 550. The zero-order valence-corrected chi connectivity index (χ0v) is 11.4. The molecule has 4 heteroatoms. The maximum atomic E-state index is 11.2. The lowest BCUT2D eigenvalue weighted by Crippen LogP contribution is -1.95. The lowest BCUT2D eigenvalue weighted by molar-refractivity contribution is -0.109. The summed E-state index contributed by atoms with van der Waals surface area (Å²) < 4.78 is 0. The molecular formula is C14H14O3S. The number of benzene rings is 1. The molecule has 1 aromatic carbocycles. The van der Waals surface area contributed by atoms with Crippen LogP contribution in [0.5, 0.6) is 5.75 Å². The van der Waals surface area contributed by atoms with Crippen molar-refractivity contribution in [2.24, 2.45) is 0 Å². The van der Waals surface area contributed by atoms with Crippen LogP contribution in [-0.4, -0.2) is 21.8 Å². The molecule has 0 heterocycles. The lowest BCUT2D eigenvalue weighted by atomic mass is 10.0. The van der Waals surface area contributed by atoms with Crippen LogP contribution in [0.4, 0.5) is 0 Å². The second-order valence-electron chi connectivity index (χ2n) is 3.82. The van der Waals surface area contributed by atoms with Crippen LogP contribution < -0.4 is 0 Å². The van der Waals surface area contributed by atoms with Crippen molar-refractivity contribution in [2.45, 2.75) is 20.8 Å². The third-order valence-corrected chi connectivity index (χ3v) is 2.99. The van der Waals surface area contributed by atoms with Crippen molar-refractivity contribution >= 4 is 22.7 Å². The van der Waals surface area contributed by atoms with E-state index in [0.717, 1.165) is 17.3 Å². The van der Waals surface area contributed by atoms with Crippen LogP contribution in [0.1, 0.15) is 35.3 Å². The van der Waals surface area contributed by atoms with Gasteiger partial charge in [0.15, 0.2) is 10.9 Å². The summed E-state index contributed by atoms with van der Waals surface area (Å²) >= 11 is 1.14. The van der Waals surface area contributed by atoms with Crippen molar-refractivity contribution < 1.29 is 14.7 Å². The van der Waals surface area contributed by atoms with E-state index in [4.69, 9.17) is 0 Å². The number of aryl methyl sites for hydroxylation is 1. The number of carbonyl (C=O) groups is 2. The Kier molecular flexibility index (Phi) is 4.99. The summed E-state index contributed by atoms with van der Waals surface area (Å²) in [6, 6.07) is 3.11. The van der Waals surface area contributed by atoms with Gasteiger partial charge in [0, 0.05) is 12.5 Å². The Morgan fingerprint density at radius 2 is 2.00 bits per heavy atom. The Morgan fingerprint density at radius 3 is 2.56 bits per heavy atom. The van der Waals surface area contributed by atoms with E-state index < -0.39 is 0 Å². The van der Waals surface area contributed by atoms with E-state index in [9.17, 15) is 14.7 Å². The molecule has 0 fully saturated rings. The summed E-state index contributed by atoms with van der Waals surface area (Å²) in [5, 5.41) is 9.71. The fraction of sp³-hybridized carbons (Fsp3) is 0.286. The quantitative estimate of drug-likeness (QED) is 0.657. The summed E-state index contributed by atoms with van der Waals surface area (Å²) in [4.78, 5) is 21.9. The first kappa shape index (κ1) is 14.3. The van der Waals surface area contributed by atoms with Gasteiger partial charge in [-0.3, -0.25) is 9.59 Å². The number of aromatic hydroxyl groups is 1. The zero-order chi connectivity index (χ0) is 13.7. The number of ketones is 1. The molecule has 0 aromatic heterocycles. The molecule has 0 spiro atoms. The minimum atomic E-state index is -0.178. The molecule has 0 amide bonds. The minimum Gasteiger partial charge on any atom is -0.507 e. The summed E-state index contributed by atoms with van der Waals surface area (Å²) in [5.41, 5.74) is 1.80. The van der Waals surface area contributed by atoms with E-state index >= 15 is 0 Å². The summed E-state index contributed by atoms with van der Waals surface area (Å²) in [5.74, 6) is 5.91. The van der Waals surface area contributed by atoms with Gasteiger partial charge in [-0.1, -0.05) is 23.6 Å². The largest absolute Gasteiger partial charge is 0.507 e. The van der Waals surface area contributed by atoms with E-state index in [1.165, 1.54) is 19.9 Å². The molecule has 3 nitrogen and oxygen atoms in total. The molecule has 1 N–H and O–H groups in total. The van der Waals surface area contributed by atoms with Gasteiger partial charge in [0.05, 0.1) is 11.3 Å². The molecule has 0 unspecified atom stereocenters. The summed E-state index contributed by atoms with van der Waals surface area (Å²) in [6.07, 6.45) is 0. The molecule has 0 aliphatic carbocycles. The number of carbonyl (C=O) groups excluding carboxylic acids is 2. The summed E-state index contributed by atoms with van der Waals surface area (Å²) in [6.45, 7) is 4.72. The van der Waals surface area contributed by atoms with E-state index in [2.05, 4.69) is 11.8 Å². The van der Waals surface area contributed by atoms with E-state index in [1.807, 2.05) is 6.92 Å². The number of phenols is 1. The van der Waals surface area contributed by atoms with Crippen LogP contribution in [0.2, 0.25) is 0 Å². The average Bonchev–Trinajstić information content (AvgIpc) is 2.27. The number of hydrogen-bond donors (Lipinski definition) is 1. The van der Waals surface area contributed by atoms with Gasteiger partial charge in [0.2, 0.25) is 0 Å². The Morgan fingerprint density at radius 1 is 1.33 bits per heavy atom. The second-order valence-corrected chi connectivity index (χ2v) is 4.97. The monoisotopic (exact) mass is 262 g/mol. The van der Waals surface area contributed by atoms with E-state index in [-0.39, 0.29) is 16.6 Å². The zero-order valence-electron chi connectivity index (χ0n) is 10.5. The van der Waals surface area contributed by atoms with Crippen molar-refractivity contribution in [3.8, 4) is 17.6 Å². The standard InChI is InChI=1S/C14H14O3S/c1-9-7-13(10(2)15)14(17)8-12(9)5-4-6-18-11(3)16/h7-8,17H,6H2,1-3H3. The third kappa shape index (κ3) is 3.94. The molecular weight excluding hydrogens is 248 g/mol. The number of thioether (sulfide) groups is 1. The molecule has 1 aromatic rings. The molecule has 0 aliphatic heterocycles. The van der Waals surface area contributed by atoms with Crippen LogP contribution in [0.25, 0.3) is 0 Å².